The molecule has 0 saturated heterocycles. The quantitative estimate of drug-likeness (QED) is 0.832. The minimum atomic E-state index is -3.66. The maximum atomic E-state index is 11.2. The highest BCUT2D eigenvalue weighted by atomic mass is 32.2. The second-order valence-corrected chi connectivity index (χ2v) is 5.32. The maximum absolute atomic E-state index is 11.2. The maximum Gasteiger partial charge on any atom is 0.238 e. The van der Waals surface area contributed by atoms with Crippen molar-refractivity contribution in [1.82, 2.24) is 4.90 Å². The third kappa shape index (κ3) is 3.19. The van der Waals surface area contributed by atoms with Crippen molar-refractivity contribution >= 4 is 10.0 Å². The molecule has 0 bridgehead atoms. The molecule has 0 heterocycles. The summed E-state index contributed by atoms with van der Waals surface area (Å²) < 4.78 is 27.5. The zero-order valence-corrected chi connectivity index (χ0v) is 10.4. The lowest BCUT2D eigenvalue weighted by atomic mass is 10.2. The van der Waals surface area contributed by atoms with Gasteiger partial charge in [0.1, 0.15) is 5.75 Å². The molecule has 2 N–H and O–H groups in total. The summed E-state index contributed by atoms with van der Waals surface area (Å²) in [6, 6.07) is 4.58. The van der Waals surface area contributed by atoms with E-state index in [1.807, 2.05) is 19.0 Å². The lowest BCUT2D eigenvalue weighted by Crippen LogP contribution is -2.15. The average Bonchev–Trinajstić information content (AvgIpc) is 2.15. The summed E-state index contributed by atoms with van der Waals surface area (Å²) in [5, 5.41) is 5.07. The molecule has 0 aliphatic carbocycles. The number of rotatable bonds is 4. The van der Waals surface area contributed by atoms with E-state index in [9.17, 15) is 8.42 Å². The monoisotopic (exact) mass is 244 g/mol. The third-order valence-corrected chi connectivity index (χ3v) is 2.98. The number of sulfonamides is 1. The van der Waals surface area contributed by atoms with Gasteiger partial charge in [-0.15, -0.1) is 0 Å². The average molecular weight is 244 g/mol. The van der Waals surface area contributed by atoms with E-state index in [0.717, 1.165) is 5.56 Å². The Hall–Kier alpha value is -1.11. The topological polar surface area (TPSA) is 72.6 Å². The summed E-state index contributed by atoms with van der Waals surface area (Å²) >= 11 is 0. The molecule has 0 radical (unpaired) electrons. The molecule has 1 aromatic rings. The molecule has 0 amide bonds. The molecule has 5 nitrogen and oxygen atoms in total. The Morgan fingerprint density at radius 3 is 2.44 bits per heavy atom. The number of primary sulfonamides is 1. The van der Waals surface area contributed by atoms with Crippen LogP contribution in [0.15, 0.2) is 23.1 Å². The van der Waals surface area contributed by atoms with Gasteiger partial charge in [-0.25, -0.2) is 13.6 Å². The predicted octanol–water partition coefficient (Wildman–Crippen LogP) is 0.404. The Morgan fingerprint density at radius 1 is 1.38 bits per heavy atom. The van der Waals surface area contributed by atoms with Gasteiger partial charge < -0.3 is 9.64 Å². The number of nitrogens with zero attached hydrogens (tertiary/aromatic N) is 1. The van der Waals surface area contributed by atoms with Gasteiger partial charge in [0.2, 0.25) is 10.0 Å². The van der Waals surface area contributed by atoms with Crippen LogP contribution in [-0.4, -0.2) is 34.5 Å². The zero-order chi connectivity index (χ0) is 12.3. The SMILES string of the molecule is COc1ccc(S(N)(=O)=O)cc1CN(C)C. The van der Waals surface area contributed by atoms with Crippen LogP contribution < -0.4 is 9.88 Å². The number of hydrogen-bond acceptors (Lipinski definition) is 4. The third-order valence-electron chi connectivity index (χ3n) is 2.07. The highest BCUT2D eigenvalue weighted by Crippen LogP contribution is 2.22. The molecule has 1 rings (SSSR count). The first-order valence-corrected chi connectivity index (χ1v) is 6.23. The minimum Gasteiger partial charge on any atom is -0.496 e. The molecule has 0 atom stereocenters. The van der Waals surface area contributed by atoms with E-state index < -0.39 is 10.0 Å². The van der Waals surface area contributed by atoms with Crippen LogP contribution in [0.4, 0.5) is 0 Å². The van der Waals surface area contributed by atoms with Crippen molar-refractivity contribution in [2.24, 2.45) is 5.14 Å². The fourth-order valence-electron chi connectivity index (χ4n) is 1.40. The van der Waals surface area contributed by atoms with Gasteiger partial charge in [-0.3, -0.25) is 0 Å². The molecule has 0 aliphatic heterocycles. The van der Waals surface area contributed by atoms with Crippen molar-refractivity contribution in [3.8, 4) is 5.75 Å². The molecule has 0 aliphatic rings. The van der Waals surface area contributed by atoms with Gasteiger partial charge in [0.05, 0.1) is 12.0 Å². The van der Waals surface area contributed by atoms with Crippen molar-refractivity contribution in [1.29, 1.82) is 0 Å². The summed E-state index contributed by atoms with van der Waals surface area (Å²) in [4.78, 5) is 2.02. The van der Waals surface area contributed by atoms with E-state index in [0.29, 0.717) is 12.3 Å². The van der Waals surface area contributed by atoms with Crippen LogP contribution in [0, 0.1) is 0 Å². The van der Waals surface area contributed by atoms with Crippen LogP contribution in [0.2, 0.25) is 0 Å². The summed E-state index contributed by atoms with van der Waals surface area (Å²) in [5.74, 6) is 0.654. The lowest BCUT2D eigenvalue weighted by Gasteiger charge is -2.14. The van der Waals surface area contributed by atoms with Gasteiger partial charge in [0, 0.05) is 12.1 Å². The van der Waals surface area contributed by atoms with Crippen molar-refractivity contribution in [3.63, 3.8) is 0 Å². The Labute approximate surface area is 95.9 Å². The van der Waals surface area contributed by atoms with Crippen LogP contribution in [-0.2, 0) is 16.6 Å². The van der Waals surface area contributed by atoms with Crippen LogP contribution in [0.1, 0.15) is 5.56 Å². The zero-order valence-electron chi connectivity index (χ0n) is 9.60. The van der Waals surface area contributed by atoms with Crippen LogP contribution in [0.25, 0.3) is 0 Å². The lowest BCUT2D eigenvalue weighted by molar-refractivity contribution is 0.371. The van der Waals surface area contributed by atoms with Crippen molar-refractivity contribution < 1.29 is 13.2 Å². The van der Waals surface area contributed by atoms with Crippen LogP contribution in [0.5, 0.6) is 5.75 Å². The first kappa shape index (κ1) is 13.0. The molecule has 0 unspecified atom stereocenters. The smallest absolute Gasteiger partial charge is 0.238 e. The van der Waals surface area contributed by atoms with Crippen LogP contribution >= 0.6 is 0 Å². The van der Waals surface area contributed by atoms with E-state index in [1.165, 1.54) is 12.1 Å². The molecular weight excluding hydrogens is 228 g/mol. The summed E-state index contributed by atoms with van der Waals surface area (Å²) in [5.41, 5.74) is 0.791. The predicted molar refractivity (Wildman–Crippen MR) is 61.8 cm³/mol. The van der Waals surface area contributed by atoms with E-state index >= 15 is 0 Å². The largest absolute Gasteiger partial charge is 0.496 e. The molecule has 0 saturated carbocycles. The Morgan fingerprint density at radius 2 is 2.00 bits per heavy atom. The number of nitrogens with two attached hydrogens (primary N) is 1. The second-order valence-electron chi connectivity index (χ2n) is 3.76. The molecular formula is C10H16N2O3S. The van der Waals surface area contributed by atoms with Gasteiger partial charge in [-0.2, -0.15) is 0 Å². The van der Waals surface area contributed by atoms with E-state index in [2.05, 4.69) is 0 Å². The second kappa shape index (κ2) is 4.82. The van der Waals surface area contributed by atoms with Gasteiger partial charge in [0.25, 0.3) is 0 Å². The number of hydrogen-bond donors (Lipinski definition) is 1. The summed E-state index contributed by atoms with van der Waals surface area (Å²) in [6.07, 6.45) is 0. The van der Waals surface area contributed by atoms with Gasteiger partial charge in [-0.1, -0.05) is 0 Å². The molecule has 0 spiro atoms. The van der Waals surface area contributed by atoms with Gasteiger partial charge >= 0.3 is 0 Å². The number of benzene rings is 1. The first-order chi connectivity index (χ1) is 7.34. The standard InChI is InChI=1S/C10H16N2O3S/c1-12(2)7-8-6-9(16(11,13)14)4-5-10(8)15-3/h4-6H,7H2,1-3H3,(H2,11,13,14). The fraction of sp³-hybridized carbons (Fsp3) is 0.400. The van der Waals surface area contributed by atoms with Crippen molar-refractivity contribution in [2.45, 2.75) is 11.4 Å². The molecule has 0 aromatic heterocycles. The van der Waals surface area contributed by atoms with E-state index in [-0.39, 0.29) is 4.90 Å². The molecule has 1 aromatic carbocycles. The molecule has 90 valence electrons. The summed E-state index contributed by atoms with van der Waals surface area (Å²) in [6.45, 7) is 0.590. The van der Waals surface area contributed by atoms with Crippen molar-refractivity contribution in [3.05, 3.63) is 23.8 Å². The number of methoxy groups -OCH3 is 1. The van der Waals surface area contributed by atoms with Gasteiger partial charge in [-0.05, 0) is 32.3 Å². The normalized spacial score (nSPS) is 11.8. The molecule has 16 heavy (non-hydrogen) atoms. The minimum absolute atomic E-state index is 0.102. The fourth-order valence-corrected chi connectivity index (χ4v) is 1.96. The summed E-state index contributed by atoms with van der Waals surface area (Å²) in [7, 11) is 1.67. The Kier molecular flexibility index (Phi) is 3.90. The molecule has 0 fully saturated rings. The highest BCUT2D eigenvalue weighted by molar-refractivity contribution is 7.89. The Balaban J connectivity index is 3.21. The van der Waals surface area contributed by atoms with Crippen molar-refractivity contribution in [2.75, 3.05) is 21.2 Å². The highest BCUT2D eigenvalue weighted by Gasteiger charge is 2.12. The Bertz CT molecular complexity index is 469. The van der Waals surface area contributed by atoms with E-state index in [4.69, 9.17) is 9.88 Å². The van der Waals surface area contributed by atoms with Gasteiger partial charge in [0.15, 0.2) is 0 Å². The molecule has 6 heteroatoms. The number of ether oxygens (including phenoxy) is 1. The van der Waals surface area contributed by atoms with Crippen LogP contribution in [0.3, 0.4) is 0 Å². The first-order valence-electron chi connectivity index (χ1n) is 4.69. The van der Waals surface area contributed by atoms with E-state index in [1.54, 1.807) is 13.2 Å².